The van der Waals surface area contributed by atoms with Gasteiger partial charge in [-0.3, -0.25) is 18.9 Å². The van der Waals surface area contributed by atoms with Gasteiger partial charge in [0.05, 0.1) is 5.69 Å². The Balaban J connectivity index is 1.50. The molecule has 0 N–H and O–H groups in total. The molecule has 0 radical (unpaired) electrons. The Kier molecular flexibility index (Phi) is 5.29. The lowest BCUT2D eigenvalue weighted by Gasteiger charge is -2.17. The lowest BCUT2D eigenvalue weighted by molar-refractivity contribution is -0.118. The van der Waals surface area contributed by atoms with E-state index in [9.17, 15) is 9.59 Å². The number of thioether (sulfide) groups is 1. The third-order valence-corrected chi connectivity index (χ3v) is 6.66. The summed E-state index contributed by atoms with van der Waals surface area (Å²) in [7, 11) is 0. The summed E-state index contributed by atoms with van der Waals surface area (Å²) in [4.78, 5) is 30.8. The molecule has 7 nitrogen and oxygen atoms in total. The van der Waals surface area contributed by atoms with Crippen molar-refractivity contribution in [3.8, 4) is 0 Å². The Bertz CT molecular complexity index is 1060. The predicted molar refractivity (Wildman–Crippen MR) is 109 cm³/mol. The van der Waals surface area contributed by atoms with E-state index in [2.05, 4.69) is 31.1 Å². The average molecular weight is 466 g/mol. The molecule has 1 aliphatic rings. The zero-order chi connectivity index (χ0) is 19.0. The number of carbonyl (C=O) groups excluding carboxylic acids is 1. The number of fused-ring (bicyclic) bond motifs is 1. The highest BCUT2D eigenvalue weighted by Gasteiger charge is 2.35. The number of aromatic nitrogens is 4. The third kappa shape index (κ3) is 4.07. The van der Waals surface area contributed by atoms with Crippen LogP contribution in [0.25, 0.3) is 5.65 Å². The van der Waals surface area contributed by atoms with Crippen LogP contribution in [0.4, 0.5) is 5.13 Å². The second-order valence-electron chi connectivity index (χ2n) is 6.15. The number of anilines is 1. The molecule has 3 aromatic heterocycles. The van der Waals surface area contributed by atoms with Gasteiger partial charge in [0.2, 0.25) is 11.0 Å². The highest BCUT2D eigenvalue weighted by Crippen LogP contribution is 2.36. The molecule has 1 saturated carbocycles. The SMILES string of the molecule is CCC(=O)N(c1nnc(SCc2cc(=O)n3cc(Br)ccc3n2)s1)C1CC1. The maximum atomic E-state index is 12.3. The van der Waals surface area contributed by atoms with E-state index in [0.717, 1.165) is 21.7 Å². The van der Waals surface area contributed by atoms with E-state index in [4.69, 9.17) is 0 Å². The smallest absolute Gasteiger partial charge is 0.258 e. The summed E-state index contributed by atoms with van der Waals surface area (Å²) in [6, 6.07) is 5.45. The number of amides is 1. The van der Waals surface area contributed by atoms with Crippen molar-refractivity contribution < 1.29 is 4.79 Å². The molecule has 1 amide bonds. The van der Waals surface area contributed by atoms with Crippen LogP contribution >= 0.6 is 39.0 Å². The largest absolute Gasteiger partial charge is 0.284 e. The molecule has 0 aliphatic heterocycles. The third-order valence-electron chi connectivity index (χ3n) is 4.11. The summed E-state index contributed by atoms with van der Waals surface area (Å²) in [6.07, 6.45) is 4.21. The predicted octanol–water partition coefficient (Wildman–Crippen LogP) is 3.51. The van der Waals surface area contributed by atoms with E-state index >= 15 is 0 Å². The first kappa shape index (κ1) is 18.6. The van der Waals surface area contributed by atoms with Crippen LogP contribution in [-0.4, -0.2) is 31.5 Å². The van der Waals surface area contributed by atoms with Crippen molar-refractivity contribution in [3.63, 3.8) is 0 Å². The number of halogens is 1. The minimum absolute atomic E-state index is 0.0839. The van der Waals surface area contributed by atoms with E-state index in [-0.39, 0.29) is 17.5 Å². The average Bonchev–Trinajstić information content (AvgIpc) is 3.38. The Morgan fingerprint density at radius 2 is 2.22 bits per heavy atom. The first-order chi connectivity index (χ1) is 13.0. The van der Waals surface area contributed by atoms with Crippen molar-refractivity contribution in [1.82, 2.24) is 19.6 Å². The maximum absolute atomic E-state index is 12.3. The first-order valence-corrected chi connectivity index (χ1v) is 11.1. The minimum atomic E-state index is -0.122. The molecule has 3 heterocycles. The molecule has 4 rings (SSSR count). The highest BCUT2D eigenvalue weighted by molar-refractivity contribution is 9.10. The standard InChI is InChI=1S/C17H16BrN5O2S2/c1-2-14(24)23(12-4-5-12)16-20-21-17(27-16)26-9-11-7-15(25)22-8-10(18)3-6-13(22)19-11/h3,6-8,12H,2,4-5,9H2,1H3. The van der Waals surface area contributed by atoms with Gasteiger partial charge in [-0.25, -0.2) is 4.98 Å². The van der Waals surface area contributed by atoms with Gasteiger partial charge in [-0.05, 0) is 40.9 Å². The Morgan fingerprint density at radius 1 is 1.41 bits per heavy atom. The first-order valence-electron chi connectivity index (χ1n) is 8.51. The van der Waals surface area contributed by atoms with Gasteiger partial charge >= 0.3 is 0 Å². The van der Waals surface area contributed by atoms with Crippen molar-refractivity contribution in [2.75, 3.05) is 4.90 Å². The van der Waals surface area contributed by atoms with Crippen molar-refractivity contribution in [2.24, 2.45) is 0 Å². The maximum Gasteiger partial charge on any atom is 0.258 e. The van der Waals surface area contributed by atoms with Crippen LogP contribution in [0.2, 0.25) is 0 Å². The molecular formula is C17H16BrN5O2S2. The molecule has 140 valence electrons. The molecular weight excluding hydrogens is 450 g/mol. The summed E-state index contributed by atoms with van der Waals surface area (Å²) in [5, 5.41) is 9.05. The molecule has 0 unspecified atom stereocenters. The fraction of sp³-hybridized carbons (Fsp3) is 0.353. The monoisotopic (exact) mass is 465 g/mol. The molecule has 0 bridgehead atoms. The van der Waals surface area contributed by atoms with Gasteiger partial charge in [0.1, 0.15) is 5.65 Å². The van der Waals surface area contributed by atoms with Crippen LogP contribution in [0.3, 0.4) is 0 Å². The Morgan fingerprint density at radius 3 is 2.96 bits per heavy atom. The van der Waals surface area contributed by atoms with Gasteiger partial charge in [0.25, 0.3) is 5.56 Å². The van der Waals surface area contributed by atoms with Gasteiger partial charge < -0.3 is 0 Å². The normalized spacial score (nSPS) is 13.9. The number of hydrogen-bond donors (Lipinski definition) is 0. The zero-order valence-corrected chi connectivity index (χ0v) is 17.7. The van der Waals surface area contributed by atoms with Crippen LogP contribution in [0.5, 0.6) is 0 Å². The van der Waals surface area contributed by atoms with Crippen LogP contribution in [0.15, 0.2) is 38.0 Å². The Labute approximate surface area is 172 Å². The van der Waals surface area contributed by atoms with E-state index in [1.807, 2.05) is 13.0 Å². The van der Waals surface area contributed by atoms with Crippen molar-refractivity contribution >= 4 is 55.7 Å². The topological polar surface area (TPSA) is 80.5 Å². The van der Waals surface area contributed by atoms with Crippen LogP contribution in [0.1, 0.15) is 31.9 Å². The van der Waals surface area contributed by atoms with Crippen molar-refractivity contribution in [2.45, 2.75) is 42.3 Å². The van der Waals surface area contributed by atoms with E-state index in [1.54, 1.807) is 17.2 Å². The van der Waals surface area contributed by atoms with Crippen LogP contribution < -0.4 is 10.5 Å². The summed E-state index contributed by atoms with van der Waals surface area (Å²) in [5.74, 6) is 0.599. The van der Waals surface area contributed by atoms with Gasteiger partial charge in [-0.2, -0.15) is 0 Å². The number of hydrogen-bond acceptors (Lipinski definition) is 7. The minimum Gasteiger partial charge on any atom is -0.284 e. The van der Waals surface area contributed by atoms with E-state index in [1.165, 1.54) is 33.6 Å². The summed E-state index contributed by atoms with van der Waals surface area (Å²) in [6.45, 7) is 1.86. The lowest BCUT2D eigenvalue weighted by atomic mass is 10.4. The second-order valence-corrected chi connectivity index (χ2v) is 9.24. The zero-order valence-electron chi connectivity index (χ0n) is 14.5. The molecule has 0 spiro atoms. The van der Waals surface area contributed by atoms with Gasteiger partial charge in [0.15, 0.2) is 4.34 Å². The highest BCUT2D eigenvalue weighted by atomic mass is 79.9. The van der Waals surface area contributed by atoms with E-state index in [0.29, 0.717) is 28.6 Å². The van der Waals surface area contributed by atoms with Gasteiger partial charge in [0, 0.05) is 35.0 Å². The number of pyridine rings is 1. The van der Waals surface area contributed by atoms with Crippen LogP contribution in [0, 0.1) is 0 Å². The lowest BCUT2D eigenvalue weighted by Crippen LogP contribution is -2.32. The summed E-state index contributed by atoms with van der Waals surface area (Å²) in [5.41, 5.74) is 1.17. The molecule has 1 fully saturated rings. The van der Waals surface area contributed by atoms with Gasteiger partial charge in [-0.1, -0.05) is 30.0 Å². The molecule has 3 aromatic rings. The fourth-order valence-electron chi connectivity index (χ4n) is 2.66. The number of nitrogens with zero attached hydrogens (tertiary/aromatic N) is 5. The molecule has 0 atom stereocenters. The van der Waals surface area contributed by atoms with E-state index < -0.39 is 0 Å². The molecule has 1 aliphatic carbocycles. The molecule has 10 heteroatoms. The summed E-state index contributed by atoms with van der Waals surface area (Å²) < 4.78 is 3.09. The van der Waals surface area contributed by atoms with Crippen molar-refractivity contribution in [1.29, 1.82) is 0 Å². The Hall–Kier alpha value is -1.78. The number of rotatable bonds is 6. The molecule has 27 heavy (non-hydrogen) atoms. The molecule has 0 saturated heterocycles. The number of carbonyl (C=O) groups is 1. The van der Waals surface area contributed by atoms with Crippen molar-refractivity contribution in [3.05, 3.63) is 44.9 Å². The summed E-state index contributed by atoms with van der Waals surface area (Å²) >= 11 is 6.24. The fourth-order valence-corrected chi connectivity index (χ4v) is 4.82. The van der Waals surface area contributed by atoms with Crippen LogP contribution in [-0.2, 0) is 10.5 Å². The molecule has 0 aromatic carbocycles. The quantitative estimate of drug-likeness (QED) is 0.409. The van der Waals surface area contributed by atoms with Gasteiger partial charge in [-0.15, -0.1) is 10.2 Å². The second kappa shape index (κ2) is 7.69.